The fourth-order valence-corrected chi connectivity index (χ4v) is 3.65. The molecule has 0 aliphatic rings. The molecule has 21 heavy (non-hydrogen) atoms. The summed E-state index contributed by atoms with van der Waals surface area (Å²) in [5.41, 5.74) is 1.13. The number of aryl methyl sites for hydroxylation is 1. The molecule has 0 bridgehead atoms. The Kier molecular flexibility index (Phi) is 4.49. The highest BCUT2D eigenvalue weighted by atomic mass is 35.5. The zero-order chi connectivity index (χ0) is 15.6. The van der Waals surface area contributed by atoms with Crippen LogP contribution in [0.4, 0.5) is 0 Å². The number of sulfone groups is 1. The van der Waals surface area contributed by atoms with E-state index in [1.54, 1.807) is 30.3 Å². The van der Waals surface area contributed by atoms with Crippen LogP contribution in [-0.4, -0.2) is 19.5 Å². The van der Waals surface area contributed by atoms with Crippen molar-refractivity contribution in [3.63, 3.8) is 0 Å². The van der Waals surface area contributed by atoms with E-state index < -0.39 is 20.9 Å². The molecule has 0 aliphatic carbocycles. The Balaban J connectivity index is 2.39. The standard InChI is InChI=1S/C16H15ClO3S/c1-11-5-3-8-15(9-11)21(19,20)12(2)16(18)13-6-4-7-14(17)10-13/h3-10,12H,1-2H3. The number of Topliss-reactive ketones (excluding diaryl/α,β-unsaturated/α-hetero) is 1. The highest BCUT2D eigenvalue weighted by Gasteiger charge is 2.30. The number of rotatable bonds is 4. The number of hydrogen-bond acceptors (Lipinski definition) is 3. The van der Waals surface area contributed by atoms with E-state index in [0.717, 1.165) is 5.56 Å². The van der Waals surface area contributed by atoms with Gasteiger partial charge < -0.3 is 0 Å². The van der Waals surface area contributed by atoms with Crippen LogP contribution >= 0.6 is 11.6 Å². The first-order chi connectivity index (χ1) is 9.82. The van der Waals surface area contributed by atoms with Crippen LogP contribution in [0.15, 0.2) is 53.4 Å². The minimum atomic E-state index is -3.71. The Morgan fingerprint density at radius 3 is 2.38 bits per heavy atom. The monoisotopic (exact) mass is 322 g/mol. The zero-order valence-corrected chi connectivity index (χ0v) is 13.3. The summed E-state index contributed by atoms with van der Waals surface area (Å²) in [4.78, 5) is 12.5. The Morgan fingerprint density at radius 2 is 1.76 bits per heavy atom. The molecule has 2 aromatic carbocycles. The smallest absolute Gasteiger partial charge is 0.188 e. The van der Waals surface area contributed by atoms with E-state index in [4.69, 9.17) is 11.6 Å². The molecule has 0 N–H and O–H groups in total. The van der Waals surface area contributed by atoms with Crippen molar-refractivity contribution in [1.29, 1.82) is 0 Å². The van der Waals surface area contributed by atoms with Crippen molar-refractivity contribution >= 4 is 27.2 Å². The lowest BCUT2D eigenvalue weighted by atomic mass is 10.1. The predicted octanol–water partition coefficient (Wildman–Crippen LogP) is 3.69. The molecular weight excluding hydrogens is 308 g/mol. The lowest BCUT2D eigenvalue weighted by molar-refractivity contribution is 0.0991. The van der Waals surface area contributed by atoms with Crippen LogP contribution in [0.25, 0.3) is 0 Å². The maximum absolute atomic E-state index is 12.5. The molecule has 0 fully saturated rings. The minimum Gasteiger partial charge on any atom is -0.293 e. The van der Waals surface area contributed by atoms with Gasteiger partial charge >= 0.3 is 0 Å². The van der Waals surface area contributed by atoms with Crippen molar-refractivity contribution in [2.45, 2.75) is 24.0 Å². The van der Waals surface area contributed by atoms with Crippen molar-refractivity contribution in [3.8, 4) is 0 Å². The molecule has 0 heterocycles. The van der Waals surface area contributed by atoms with Gasteiger partial charge in [0.25, 0.3) is 0 Å². The molecule has 110 valence electrons. The van der Waals surface area contributed by atoms with Crippen LogP contribution in [-0.2, 0) is 9.84 Å². The average molecular weight is 323 g/mol. The van der Waals surface area contributed by atoms with E-state index in [-0.39, 0.29) is 4.90 Å². The molecule has 3 nitrogen and oxygen atoms in total. The summed E-state index contributed by atoms with van der Waals surface area (Å²) < 4.78 is 25.1. The van der Waals surface area contributed by atoms with Crippen molar-refractivity contribution in [2.75, 3.05) is 0 Å². The second-order valence-electron chi connectivity index (χ2n) is 4.88. The summed E-state index contributed by atoms with van der Waals surface area (Å²) in [5, 5.41) is -0.751. The molecule has 0 aliphatic heterocycles. The summed E-state index contributed by atoms with van der Waals surface area (Å²) in [6.45, 7) is 3.21. The lowest BCUT2D eigenvalue weighted by Gasteiger charge is -2.13. The van der Waals surface area contributed by atoms with E-state index in [9.17, 15) is 13.2 Å². The second kappa shape index (κ2) is 6.00. The van der Waals surface area contributed by atoms with Gasteiger partial charge in [-0.15, -0.1) is 0 Å². The minimum absolute atomic E-state index is 0.158. The molecule has 0 radical (unpaired) electrons. The molecule has 0 spiro atoms. The van der Waals surface area contributed by atoms with Crippen molar-refractivity contribution in [2.24, 2.45) is 0 Å². The van der Waals surface area contributed by atoms with Gasteiger partial charge in [0.2, 0.25) is 0 Å². The Bertz CT molecular complexity index is 782. The molecule has 2 aromatic rings. The van der Waals surface area contributed by atoms with E-state index in [1.807, 2.05) is 13.0 Å². The van der Waals surface area contributed by atoms with Gasteiger partial charge in [-0.2, -0.15) is 0 Å². The molecule has 0 amide bonds. The van der Waals surface area contributed by atoms with Crippen LogP contribution in [0.1, 0.15) is 22.8 Å². The number of ketones is 1. The van der Waals surface area contributed by atoms with Gasteiger partial charge in [-0.25, -0.2) is 8.42 Å². The first-order valence-corrected chi connectivity index (χ1v) is 8.35. The summed E-state index contributed by atoms with van der Waals surface area (Å²) >= 11 is 5.84. The van der Waals surface area contributed by atoms with Gasteiger partial charge in [0.05, 0.1) is 4.90 Å². The Hall–Kier alpha value is -1.65. The number of halogens is 1. The van der Waals surface area contributed by atoms with Crippen molar-refractivity contribution in [3.05, 3.63) is 64.7 Å². The van der Waals surface area contributed by atoms with Gasteiger partial charge in [-0.3, -0.25) is 4.79 Å². The van der Waals surface area contributed by atoms with Gasteiger partial charge in [0.15, 0.2) is 15.6 Å². The molecule has 0 saturated heterocycles. The molecular formula is C16H15ClO3S. The van der Waals surface area contributed by atoms with E-state index in [0.29, 0.717) is 10.6 Å². The van der Waals surface area contributed by atoms with Crippen molar-refractivity contribution < 1.29 is 13.2 Å². The molecule has 1 atom stereocenters. The fourth-order valence-electron chi connectivity index (χ4n) is 2.01. The van der Waals surface area contributed by atoms with E-state index in [1.165, 1.54) is 19.1 Å². The highest BCUT2D eigenvalue weighted by Crippen LogP contribution is 2.21. The summed E-state index contributed by atoms with van der Waals surface area (Å²) in [7, 11) is -3.71. The third-order valence-electron chi connectivity index (χ3n) is 3.26. The van der Waals surface area contributed by atoms with Crippen LogP contribution in [0.2, 0.25) is 5.02 Å². The third kappa shape index (κ3) is 3.34. The molecule has 1 unspecified atom stereocenters. The molecule has 5 heteroatoms. The van der Waals surface area contributed by atoms with E-state index >= 15 is 0 Å². The second-order valence-corrected chi connectivity index (χ2v) is 7.58. The van der Waals surface area contributed by atoms with Gasteiger partial charge in [-0.1, -0.05) is 35.9 Å². The fraction of sp³-hybridized carbons (Fsp3) is 0.188. The van der Waals surface area contributed by atoms with Crippen LogP contribution in [0, 0.1) is 6.92 Å². The highest BCUT2D eigenvalue weighted by molar-refractivity contribution is 7.92. The average Bonchev–Trinajstić information content (AvgIpc) is 2.45. The Labute approximate surface area is 129 Å². The maximum Gasteiger partial charge on any atom is 0.188 e. The normalized spacial score (nSPS) is 12.9. The van der Waals surface area contributed by atoms with Crippen LogP contribution in [0.3, 0.4) is 0 Å². The van der Waals surface area contributed by atoms with Crippen LogP contribution in [0.5, 0.6) is 0 Å². The topological polar surface area (TPSA) is 51.2 Å². The van der Waals surface area contributed by atoms with Gasteiger partial charge in [-0.05, 0) is 43.7 Å². The first kappa shape index (κ1) is 15.7. The summed E-state index contributed by atoms with van der Waals surface area (Å²) in [5.74, 6) is -0.459. The Morgan fingerprint density at radius 1 is 1.10 bits per heavy atom. The quantitative estimate of drug-likeness (QED) is 0.807. The number of carbonyl (C=O) groups is 1. The zero-order valence-electron chi connectivity index (χ0n) is 11.7. The third-order valence-corrected chi connectivity index (χ3v) is 5.55. The van der Waals surface area contributed by atoms with E-state index in [2.05, 4.69) is 0 Å². The number of hydrogen-bond donors (Lipinski definition) is 0. The van der Waals surface area contributed by atoms with Crippen molar-refractivity contribution in [1.82, 2.24) is 0 Å². The molecule has 0 aromatic heterocycles. The summed E-state index contributed by atoms with van der Waals surface area (Å²) in [6, 6.07) is 12.9. The van der Waals surface area contributed by atoms with Gasteiger partial charge in [0, 0.05) is 10.6 Å². The number of benzene rings is 2. The summed E-state index contributed by atoms with van der Waals surface area (Å²) in [6.07, 6.45) is 0. The number of carbonyl (C=O) groups excluding carboxylic acids is 1. The SMILES string of the molecule is Cc1cccc(S(=O)(=O)C(C)C(=O)c2cccc(Cl)c2)c1. The predicted molar refractivity (Wildman–Crippen MR) is 83.6 cm³/mol. The largest absolute Gasteiger partial charge is 0.293 e. The molecule has 2 rings (SSSR count). The maximum atomic E-state index is 12.5. The first-order valence-electron chi connectivity index (χ1n) is 6.43. The lowest BCUT2D eigenvalue weighted by Crippen LogP contribution is -2.27. The molecule has 0 saturated carbocycles. The van der Waals surface area contributed by atoms with Gasteiger partial charge in [0.1, 0.15) is 5.25 Å². The van der Waals surface area contributed by atoms with Crippen LogP contribution < -0.4 is 0 Å².